The maximum absolute atomic E-state index is 12.1. The summed E-state index contributed by atoms with van der Waals surface area (Å²) >= 11 is 5.93. The molecule has 1 aromatic heterocycles. The van der Waals surface area contributed by atoms with Gasteiger partial charge < -0.3 is 10.6 Å². The first-order chi connectivity index (χ1) is 10.1. The number of carbonyl (C=O) groups is 1. The Morgan fingerprint density at radius 2 is 2.10 bits per heavy atom. The van der Waals surface area contributed by atoms with E-state index in [1.165, 1.54) is 6.20 Å². The summed E-state index contributed by atoms with van der Waals surface area (Å²) < 4.78 is 0. The summed E-state index contributed by atoms with van der Waals surface area (Å²) in [5.41, 5.74) is 1.86. The minimum atomic E-state index is -0.310. The van der Waals surface area contributed by atoms with Gasteiger partial charge in [-0.15, -0.1) is 0 Å². The molecule has 0 bridgehead atoms. The second-order valence-electron chi connectivity index (χ2n) is 4.63. The van der Waals surface area contributed by atoms with Crippen molar-refractivity contribution in [1.29, 1.82) is 0 Å². The van der Waals surface area contributed by atoms with E-state index in [0.29, 0.717) is 16.5 Å². The van der Waals surface area contributed by atoms with Crippen LogP contribution in [0.1, 0.15) is 29.4 Å². The van der Waals surface area contributed by atoms with Crippen molar-refractivity contribution in [1.82, 2.24) is 9.97 Å². The van der Waals surface area contributed by atoms with Gasteiger partial charge in [-0.05, 0) is 31.0 Å². The van der Waals surface area contributed by atoms with Crippen LogP contribution in [0.4, 0.5) is 11.5 Å². The topological polar surface area (TPSA) is 66.9 Å². The van der Waals surface area contributed by atoms with Gasteiger partial charge in [-0.2, -0.15) is 0 Å². The molecule has 0 radical (unpaired) electrons. The zero-order valence-electron chi connectivity index (χ0n) is 12.0. The molecule has 0 saturated carbocycles. The molecule has 5 nitrogen and oxygen atoms in total. The van der Waals surface area contributed by atoms with Crippen LogP contribution in [0.5, 0.6) is 0 Å². The highest BCUT2D eigenvalue weighted by molar-refractivity contribution is 6.31. The van der Waals surface area contributed by atoms with E-state index in [1.54, 1.807) is 18.3 Å². The van der Waals surface area contributed by atoms with Gasteiger partial charge in [0.05, 0.1) is 12.4 Å². The summed E-state index contributed by atoms with van der Waals surface area (Å²) in [5.74, 6) is 0.349. The SMILES string of the molecule is CCCNc1cnc(C(=O)Nc2cc(Cl)ccc2C)cn1. The molecule has 0 aliphatic carbocycles. The summed E-state index contributed by atoms with van der Waals surface area (Å²) in [4.78, 5) is 20.4. The molecule has 2 N–H and O–H groups in total. The van der Waals surface area contributed by atoms with Crippen LogP contribution in [0.15, 0.2) is 30.6 Å². The van der Waals surface area contributed by atoms with Gasteiger partial charge in [0.2, 0.25) is 0 Å². The molecule has 0 unspecified atom stereocenters. The van der Waals surface area contributed by atoms with Crippen molar-refractivity contribution in [3.63, 3.8) is 0 Å². The number of hydrogen-bond acceptors (Lipinski definition) is 4. The van der Waals surface area contributed by atoms with E-state index in [9.17, 15) is 4.79 Å². The first-order valence-corrected chi connectivity index (χ1v) is 7.11. The number of rotatable bonds is 5. The van der Waals surface area contributed by atoms with Crippen LogP contribution >= 0.6 is 11.6 Å². The third-order valence-corrected chi connectivity index (χ3v) is 3.12. The highest BCUT2D eigenvalue weighted by atomic mass is 35.5. The predicted octanol–water partition coefficient (Wildman–Crippen LogP) is 3.51. The van der Waals surface area contributed by atoms with E-state index in [-0.39, 0.29) is 11.6 Å². The zero-order chi connectivity index (χ0) is 15.2. The Morgan fingerprint density at radius 1 is 1.29 bits per heavy atom. The number of carbonyl (C=O) groups excluding carboxylic acids is 1. The second-order valence-corrected chi connectivity index (χ2v) is 5.06. The largest absolute Gasteiger partial charge is 0.369 e. The number of hydrogen-bond donors (Lipinski definition) is 2. The quantitative estimate of drug-likeness (QED) is 0.887. The third-order valence-electron chi connectivity index (χ3n) is 2.89. The number of aryl methyl sites for hydroxylation is 1. The summed E-state index contributed by atoms with van der Waals surface area (Å²) in [5, 5.41) is 6.46. The molecule has 0 atom stereocenters. The lowest BCUT2D eigenvalue weighted by Gasteiger charge is -2.09. The number of nitrogens with one attached hydrogen (secondary N) is 2. The molecular formula is C15H17ClN4O. The van der Waals surface area contributed by atoms with Gasteiger partial charge in [-0.25, -0.2) is 9.97 Å². The number of anilines is 2. The lowest BCUT2D eigenvalue weighted by atomic mass is 10.2. The van der Waals surface area contributed by atoms with Crippen LogP contribution in [0.3, 0.4) is 0 Å². The van der Waals surface area contributed by atoms with Gasteiger partial charge >= 0.3 is 0 Å². The third kappa shape index (κ3) is 4.16. The van der Waals surface area contributed by atoms with Crippen molar-refractivity contribution >= 4 is 29.0 Å². The van der Waals surface area contributed by atoms with E-state index in [1.807, 2.05) is 13.0 Å². The van der Waals surface area contributed by atoms with Crippen LogP contribution in [-0.2, 0) is 0 Å². The molecule has 2 aromatic rings. The minimum absolute atomic E-state index is 0.261. The van der Waals surface area contributed by atoms with Crippen molar-refractivity contribution in [2.24, 2.45) is 0 Å². The van der Waals surface area contributed by atoms with Gasteiger partial charge in [0.25, 0.3) is 5.91 Å². The lowest BCUT2D eigenvalue weighted by molar-refractivity contribution is 0.102. The number of benzene rings is 1. The monoisotopic (exact) mass is 304 g/mol. The van der Waals surface area contributed by atoms with Crippen molar-refractivity contribution in [2.75, 3.05) is 17.2 Å². The Kier molecular flexibility index (Phi) is 5.11. The summed E-state index contributed by atoms with van der Waals surface area (Å²) in [6.07, 6.45) is 4.00. The van der Waals surface area contributed by atoms with Gasteiger partial charge in [0.1, 0.15) is 11.5 Å². The Labute approximate surface area is 128 Å². The summed E-state index contributed by atoms with van der Waals surface area (Å²) in [7, 11) is 0. The average molecular weight is 305 g/mol. The summed E-state index contributed by atoms with van der Waals surface area (Å²) in [6.45, 7) is 4.78. The molecule has 2 rings (SSSR count). The Balaban J connectivity index is 2.07. The Bertz CT molecular complexity index is 628. The molecule has 1 aromatic carbocycles. The van der Waals surface area contributed by atoms with Crippen LogP contribution in [-0.4, -0.2) is 22.4 Å². The molecule has 1 heterocycles. The van der Waals surface area contributed by atoms with Gasteiger partial charge in [-0.1, -0.05) is 24.6 Å². The molecule has 110 valence electrons. The fourth-order valence-electron chi connectivity index (χ4n) is 1.70. The van der Waals surface area contributed by atoms with Gasteiger partial charge in [0, 0.05) is 17.3 Å². The van der Waals surface area contributed by atoms with Gasteiger partial charge in [0.15, 0.2) is 0 Å². The summed E-state index contributed by atoms with van der Waals surface area (Å²) in [6, 6.07) is 5.33. The van der Waals surface area contributed by atoms with Gasteiger partial charge in [-0.3, -0.25) is 4.79 Å². The minimum Gasteiger partial charge on any atom is -0.369 e. The van der Waals surface area contributed by atoms with E-state index in [4.69, 9.17) is 11.6 Å². The smallest absolute Gasteiger partial charge is 0.275 e. The Hall–Kier alpha value is -2.14. The predicted molar refractivity (Wildman–Crippen MR) is 85.0 cm³/mol. The van der Waals surface area contributed by atoms with Crippen LogP contribution in [0, 0.1) is 6.92 Å². The van der Waals surface area contributed by atoms with Crippen molar-refractivity contribution < 1.29 is 4.79 Å². The number of aromatic nitrogens is 2. The van der Waals surface area contributed by atoms with E-state index < -0.39 is 0 Å². The highest BCUT2D eigenvalue weighted by Gasteiger charge is 2.10. The molecule has 0 aliphatic heterocycles. The molecule has 0 spiro atoms. The van der Waals surface area contributed by atoms with Crippen molar-refractivity contribution in [3.8, 4) is 0 Å². The molecule has 0 saturated heterocycles. The van der Waals surface area contributed by atoms with Crippen molar-refractivity contribution in [3.05, 3.63) is 46.9 Å². The zero-order valence-corrected chi connectivity index (χ0v) is 12.7. The fourth-order valence-corrected chi connectivity index (χ4v) is 1.88. The second kappa shape index (κ2) is 7.04. The molecule has 0 fully saturated rings. The molecule has 0 aliphatic rings. The molecular weight excluding hydrogens is 288 g/mol. The number of halogens is 1. The molecule has 21 heavy (non-hydrogen) atoms. The number of amides is 1. The normalized spacial score (nSPS) is 10.2. The first-order valence-electron chi connectivity index (χ1n) is 6.73. The highest BCUT2D eigenvalue weighted by Crippen LogP contribution is 2.20. The van der Waals surface area contributed by atoms with Crippen LogP contribution < -0.4 is 10.6 Å². The maximum Gasteiger partial charge on any atom is 0.275 e. The van der Waals surface area contributed by atoms with E-state index in [2.05, 4.69) is 27.5 Å². The first kappa shape index (κ1) is 15.3. The molecule has 1 amide bonds. The standard InChI is InChI=1S/C15H17ClN4O/c1-3-6-17-14-9-18-13(8-19-14)15(21)20-12-7-11(16)5-4-10(12)2/h4-5,7-9H,3,6H2,1-2H3,(H,17,19)(H,20,21). The van der Waals surface area contributed by atoms with E-state index in [0.717, 1.165) is 18.5 Å². The number of nitrogens with zero attached hydrogens (tertiary/aromatic N) is 2. The Morgan fingerprint density at radius 3 is 2.76 bits per heavy atom. The van der Waals surface area contributed by atoms with Crippen LogP contribution in [0.2, 0.25) is 5.02 Å². The van der Waals surface area contributed by atoms with Crippen LogP contribution in [0.25, 0.3) is 0 Å². The molecule has 6 heteroatoms. The fraction of sp³-hybridized carbons (Fsp3) is 0.267. The van der Waals surface area contributed by atoms with E-state index >= 15 is 0 Å². The maximum atomic E-state index is 12.1. The average Bonchev–Trinajstić information content (AvgIpc) is 2.49. The lowest BCUT2D eigenvalue weighted by Crippen LogP contribution is -2.15. The van der Waals surface area contributed by atoms with Crippen molar-refractivity contribution in [2.45, 2.75) is 20.3 Å².